The fourth-order valence-electron chi connectivity index (χ4n) is 2.80. The highest BCUT2D eigenvalue weighted by molar-refractivity contribution is 7.07. The first-order chi connectivity index (χ1) is 14.1. The van der Waals surface area contributed by atoms with Gasteiger partial charge in [-0.15, -0.1) is 0 Å². The fourth-order valence-corrected chi connectivity index (χ4v) is 3.37. The van der Waals surface area contributed by atoms with E-state index in [2.05, 4.69) is 14.7 Å². The van der Waals surface area contributed by atoms with Crippen LogP contribution >= 0.6 is 11.5 Å². The van der Waals surface area contributed by atoms with Gasteiger partial charge in [0.15, 0.2) is 17.3 Å². The maximum Gasteiger partial charge on any atom is 0.298 e. The Labute approximate surface area is 172 Å². The molecule has 1 N–H and O–H groups in total. The Balaban J connectivity index is 1.49. The van der Waals surface area contributed by atoms with E-state index in [1.807, 2.05) is 24.3 Å². The predicted molar refractivity (Wildman–Crippen MR) is 109 cm³/mol. The van der Waals surface area contributed by atoms with Gasteiger partial charge in [-0.05, 0) is 48.7 Å². The lowest BCUT2D eigenvalue weighted by Crippen LogP contribution is -2.25. The average molecular weight is 411 g/mol. The lowest BCUT2D eigenvalue weighted by Gasteiger charge is -2.10. The highest BCUT2D eigenvalue weighted by atomic mass is 32.1. The first kappa shape index (κ1) is 19.2. The first-order valence-corrected chi connectivity index (χ1v) is 10.0. The van der Waals surface area contributed by atoms with Gasteiger partial charge < -0.3 is 19.5 Å². The molecule has 1 fully saturated rings. The van der Waals surface area contributed by atoms with Gasteiger partial charge in [-0.2, -0.15) is 9.36 Å². The number of nitrogens with zero attached hydrogens (tertiary/aromatic N) is 2. The molecule has 0 spiro atoms. The molecule has 0 atom stereocenters. The van der Waals surface area contributed by atoms with Crippen LogP contribution in [-0.2, 0) is 6.42 Å². The Morgan fingerprint density at radius 3 is 2.76 bits per heavy atom. The maximum atomic E-state index is 12.3. The van der Waals surface area contributed by atoms with Crippen LogP contribution in [0.1, 0.15) is 34.6 Å². The molecule has 150 valence electrons. The average Bonchev–Trinajstić information content (AvgIpc) is 3.45. The summed E-state index contributed by atoms with van der Waals surface area (Å²) < 4.78 is 20.9. The van der Waals surface area contributed by atoms with Crippen LogP contribution in [0.3, 0.4) is 0 Å². The molecule has 3 aromatic rings. The van der Waals surface area contributed by atoms with Crippen LogP contribution in [0.15, 0.2) is 42.5 Å². The second-order valence-corrected chi connectivity index (χ2v) is 7.43. The number of benzene rings is 2. The molecular formula is C21H21N3O4S. The summed E-state index contributed by atoms with van der Waals surface area (Å²) in [6.07, 6.45) is 2.64. The van der Waals surface area contributed by atoms with E-state index in [-0.39, 0.29) is 11.9 Å². The zero-order valence-corrected chi connectivity index (χ0v) is 17.0. The molecule has 1 aromatic heterocycles. The van der Waals surface area contributed by atoms with Crippen molar-refractivity contribution in [2.45, 2.75) is 25.3 Å². The molecule has 2 aromatic carbocycles. The van der Waals surface area contributed by atoms with Gasteiger partial charge in [0, 0.05) is 29.6 Å². The van der Waals surface area contributed by atoms with Gasteiger partial charge in [0.25, 0.3) is 11.1 Å². The van der Waals surface area contributed by atoms with Crippen molar-refractivity contribution >= 4 is 17.4 Å². The Hall–Kier alpha value is -3.13. The van der Waals surface area contributed by atoms with Crippen LogP contribution in [0.25, 0.3) is 0 Å². The van der Waals surface area contributed by atoms with Crippen molar-refractivity contribution in [1.29, 1.82) is 0 Å². The summed E-state index contributed by atoms with van der Waals surface area (Å²) in [6, 6.07) is 13.2. The maximum absolute atomic E-state index is 12.3. The second kappa shape index (κ2) is 8.48. The number of aromatic nitrogens is 2. The molecule has 0 bridgehead atoms. The number of nitrogens with one attached hydrogen (secondary N) is 1. The number of hydrogen-bond acceptors (Lipinski definition) is 7. The van der Waals surface area contributed by atoms with Crippen LogP contribution in [0.2, 0.25) is 0 Å². The lowest BCUT2D eigenvalue weighted by molar-refractivity contribution is 0.0950. The van der Waals surface area contributed by atoms with Crippen molar-refractivity contribution < 1.29 is 19.0 Å². The minimum atomic E-state index is -0.115. The van der Waals surface area contributed by atoms with E-state index in [1.54, 1.807) is 32.4 Å². The SMILES string of the molecule is COc1cccc(Cc2nsc(Oc3cc(C(=O)NC4CC4)ccc3OC)n2)c1. The van der Waals surface area contributed by atoms with E-state index in [0.717, 1.165) is 35.7 Å². The van der Waals surface area contributed by atoms with E-state index in [1.165, 1.54) is 0 Å². The number of carbonyl (C=O) groups is 1. The molecule has 0 unspecified atom stereocenters. The largest absolute Gasteiger partial charge is 0.497 e. The van der Waals surface area contributed by atoms with E-state index in [9.17, 15) is 4.79 Å². The monoisotopic (exact) mass is 411 g/mol. The van der Waals surface area contributed by atoms with E-state index < -0.39 is 0 Å². The molecule has 1 aliphatic carbocycles. The number of amides is 1. The highest BCUT2D eigenvalue weighted by Crippen LogP contribution is 2.33. The molecule has 1 aliphatic rings. The highest BCUT2D eigenvalue weighted by Gasteiger charge is 2.24. The summed E-state index contributed by atoms with van der Waals surface area (Å²) in [6.45, 7) is 0. The molecule has 8 heteroatoms. The number of methoxy groups -OCH3 is 2. The number of carbonyl (C=O) groups excluding carboxylic acids is 1. The molecular weight excluding hydrogens is 390 g/mol. The number of ether oxygens (including phenoxy) is 3. The third-order valence-electron chi connectivity index (χ3n) is 4.48. The third kappa shape index (κ3) is 4.83. The lowest BCUT2D eigenvalue weighted by atomic mass is 10.1. The number of rotatable bonds is 8. The molecule has 4 rings (SSSR count). The standard InChI is InChI=1S/C21H21N3O4S/c1-26-16-5-3-4-13(10-16)11-19-23-21(29-24-19)28-18-12-14(6-9-17(18)27-2)20(25)22-15-7-8-15/h3-6,9-10,12,15H,7-8,11H2,1-2H3,(H,22,25). The van der Waals surface area contributed by atoms with Crippen LogP contribution in [0.4, 0.5) is 0 Å². The summed E-state index contributed by atoms with van der Waals surface area (Å²) in [5.41, 5.74) is 1.57. The van der Waals surface area contributed by atoms with Crippen molar-refractivity contribution in [1.82, 2.24) is 14.7 Å². The van der Waals surface area contributed by atoms with Gasteiger partial charge in [0.05, 0.1) is 14.2 Å². The van der Waals surface area contributed by atoms with Gasteiger partial charge >= 0.3 is 0 Å². The van der Waals surface area contributed by atoms with Crippen LogP contribution in [0.5, 0.6) is 22.4 Å². The molecule has 0 saturated heterocycles. The smallest absolute Gasteiger partial charge is 0.298 e. The Kier molecular flexibility index (Phi) is 5.62. The van der Waals surface area contributed by atoms with Crippen LogP contribution in [0, 0.1) is 0 Å². The topological polar surface area (TPSA) is 82.6 Å². The van der Waals surface area contributed by atoms with Crippen molar-refractivity contribution in [2.24, 2.45) is 0 Å². The van der Waals surface area contributed by atoms with Crippen molar-refractivity contribution in [3.05, 3.63) is 59.4 Å². The Morgan fingerprint density at radius 2 is 2.00 bits per heavy atom. The molecule has 29 heavy (non-hydrogen) atoms. The minimum Gasteiger partial charge on any atom is -0.497 e. The van der Waals surface area contributed by atoms with Gasteiger partial charge in [0.2, 0.25) is 0 Å². The Morgan fingerprint density at radius 1 is 1.14 bits per heavy atom. The molecule has 1 saturated carbocycles. The predicted octanol–water partition coefficient (Wildman–Crippen LogP) is 3.83. The van der Waals surface area contributed by atoms with Gasteiger partial charge in [-0.1, -0.05) is 12.1 Å². The molecule has 1 amide bonds. The van der Waals surface area contributed by atoms with E-state index in [0.29, 0.717) is 34.5 Å². The van der Waals surface area contributed by atoms with Gasteiger partial charge in [-0.3, -0.25) is 4.79 Å². The Bertz CT molecular complexity index is 1020. The quantitative estimate of drug-likeness (QED) is 0.607. The normalized spacial score (nSPS) is 13.0. The molecule has 0 aliphatic heterocycles. The number of hydrogen-bond donors (Lipinski definition) is 1. The molecule has 0 radical (unpaired) electrons. The van der Waals surface area contributed by atoms with E-state index >= 15 is 0 Å². The second-order valence-electron chi connectivity index (χ2n) is 6.72. The van der Waals surface area contributed by atoms with Gasteiger partial charge in [-0.25, -0.2) is 0 Å². The fraction of sp³-hybridized carbons (Fsp3) is 0.286. The molecule has 7 nitrogen and oxygen atoms in total. The summed E-state index contributed by atoms with van der Waals surface area (Å²) in [5, 5.41) is 3.36. The van der Waals surface area contributed by atoms with Crippen molar-refractivity contribution in [3.8, 4) is 22.4 Å². The molecule has 1 heterocycles. The van der Waals surface area contributed by atoms with Crippen LogP contribution < -0.4 is 19.5 Å². The van der Waals surface area contributed by atoms with Crippen molar-refractivity contribution in [2.75, 3.05) is 14.2 Å². The zero-order chi connectivity index (χ0) is 20.2. The van der Waals surface area contributed by atoms with Gasteiger partial charge in [0.1, 0.15) is 5.75 Å². The summed E-state index contributed by atoms with van der Waals surface area (Å²) in [7, 11) is 3.19. The van der Waals surface area contributed by atoms with Crippen molar-refractivity contribution in [3.63, 3.8) is 0 Å². The van der Waals surface area contributed by atoms with E-state index in [4.69, 9.17) is 14.2 Å². The summed E-state index contributed by atoms with van der Waals surface area (Å²) in [5.74, 6) is 2.29. The zero-order valence-electron chi connectivity index (χ0n) is 16.2. The first-order valence-electron chi connectivity index (χ1n) is 9.27. The van der Waals surface area contributed by atoms with Crippen LogP contribution in [-0.4, -0.2) is 35.5 Å². The third-order valence-corrected chi connectivity index (χ3v) is 5.11. The summed E-state index contributed by atoms with van der Waals surface area (Å²) >= 11 is 1.16. The summed E-state index contributed by atoms with van der Waals surface area (Å²) in [4.78, 5) is 16.8. The minimum absolute atomic E-state index is 0.115.